The summed E-state index contributed by atoms with van der Waals surface area (Å²) in [6.07, 6.45) is 4.27. The Morgan fingerprint density at radius 1 is 1.07 bits per heavy atom. The molecule has 29 heavy (non-hydrogen) atoms. The highest BCUT2D eigenvalue weighted by atomic mass is 16.5. The SMILES string of the molecule is COC(=O)c1cncn1[C@@H]1c2ccccc2[C@@H](c2ccc(OC)cc2)CC1(C)C. The van der Waals surface area contributed by atoms with E-state index < -0.39 is 0 Å². The van der Waals surface area contributed by atoms with Gasteiger partial charge in [0.1, 0.15) is 11.4 Å². The lowest BCUT2D eigenvalue weighted by molar-refractivity contribution is 0.0580. The van der Waals surface area contributed by atoms with Crippen molar-refractivity contribution in [3.8, 4) is 5.75 Å². The summed E-state index contributed by atoms with van der Waals surface area (Å²) in [7, 11) is 3.09. The van der Waals surface area contributed by atoms with Crippen molar-refractivity contribution < 1.29 is 14.3 Å². The van der Waals surface area contributed by atoms with Gasteiger partial charge in [0.05, 0.1) is 32.8 Å². The van der Waals surface area contributed by atoms with Crippen LogP contribution in [0.25, 0.3) is 0 Å². The fourth-order valence-electron chi connectivity index (χ4n) is 4.68. The maximum Gasteiger partial charge on any atom is 0.356 e. The smallest absolute Gasteiger partial charge is 0.356 e. The Kier molecular flexibility index (Phi) is 4.91. The van der Waals surface area contributed by atoms with Gasteiger partial charge < -0.3 is 14.0 Å². The van der Waals surface area contributed by atoms with E-state index in [9.17, 15) is 4.79 Å². The highest BCUT2D eigenvalue weighted by Crippen LogP contribution is 2.52. The predicted molar refractivity (Wildman–Crippen MR) is 111 cm³/mol. The van der Waals surface area contributed by atoms with Crippen LogP contribution in [0.2, 0.25) is 0 Å². The molecule has 4 rings (SSSR count). The van der Waals surface area contributed by atoms with Gasteiger partial charge in [0.15, 0.2) is 0 Å². The summed E-state index contributed by atoms with van der Waals surface area (Å²) in [5.74, 6) is 0.762. The minimum Gasteiger partial charge on any atom is -0.497 e. The van der Waals surface area contributed by atoms with E-state index in [-0.39, 0.29) is 23.3 Å². The van der Waals surface area contributed by atoms with Gasteiger partial charge in [-0.05, 0) is 40.7 Å². The summed E-state index contributed by atoms with van der Waals surface area (Å²) in [6, 6.07) is 16.8. The fraction of sp³-hybridized carbons (Fsp3) is 0.333. The van der Waals surface area contributed by atoms with Gasteiger partial charge in [0.25, 0.3) is 0 Å². The first-order valence-corrected chi connectivity index (χ1v) is 9.79. The Morgan fingerprint density at radius 2 is 1.76 bits per heavy atom. The lowest BCUT2D eigenvalue weighted by Gasteiger charge is -2.45. The maximum absolute atomic E-state index is 12.3. The molecule has 150 valence electrons. The van der Waals surface area contributed by atoms with Gasteiger partial charge in [-0.1, -0.05) is 50.2 Å². The first-order chi connectivity index (χ1) is 14.0. The number of nitrogens with zero attached hydrogens (tertiary/aromatic N) is 2. The van der Waals surface area contributed by atoms with E-state index in [1.807, 2.05) is 16.7 Å². The van der Waals surface area contributed by atoms with E-state index in [1.165, 1.54) is 23.8 Å². The van der Waals surface area contributed by atoms with Crippen LogP contribution >= 0.6 is 0 Å². The van der Waals surface area contributed by atoms with E-state index >= 15 is 0 Å². The molecule has 0 saturated heterocycles. The minimum absolute atomic E-state index is 0.00945. The number of rotatable bonds is 4. The normalized spacial score (nSPS) is 20.0. The van der Waals surface area contributed by atoms with Gasteiger partial charge in [0.2, 0.25) is 0 Å². The monoisotopic (exact) mass is 390 g/mol. The number of hydrogen-bond donors (Lipinski definition) is 0. The Bertz CT molecular complexity index is 1020. The summed E-state index contributed by atoms with van der Waals surface area (Å²) in [5.41, 5.74) is 4.13. The zero-order chi connectivity index (χ0) is 20.6. The van der Waals surface area contributed by atoms with Crippen molar-refractivity contribution in [2.24, 2.45) is 5.41 Å². The van der Waals surface area contributed by atoms with Crippen molar-refractivity contribution in [3.63, 3.8) is 0 Å². The summed E-state index contributed by atoms with van der Waals surface area (Å²) in [4.78, 5) is 16.6. The molecule has 0 radical (unpaired) electrons. The Balaban J connectivity index is 1.84. The zero-order valence-electron chi connectivity index (χ0n) is 17.3. The van der Waals surface area contributed by atoms with Crippen molar-refractivity contribution in [3.05, 3.63) is 83.4 Å². The number of carbonyl (C=O) groups is 1. The Hall–Kier alpha value is -3.08. The summed E-state index contributed by atoms with van der Waals surface area (Å²) < 4.78 is 12.3. The Labute approximate surface area is 171 Å². The van der Waals surface area contributed by atoms with Crippen LogP contribution in [-0.2, 0) is 4.74 Å². The molecule has 0 amide bonds. The molecule has 0 N–H and O–H groups in total. The lowest BCUT2D eigenvalue weighted by atomic mass is 9.64. The first kappa shape index (κ1) is 19.2. The number of hydrogen-bond acceptors (Lipinski definition) is 4. The third kappa shape index (κ3) is 3.31. The van der Waals surface area contributed by atoms with Gasteiger partial charge in [-0.2, -0.15) is 0 Å². The van der Waals surface area contributed by atoms with Crippen LogP contribution in [-0.4, -0.2) is 29.7 Å². The third-order valence-corrected chi connectivity index (χ3v) is 5.99. The molecule has 0 spiro atoms. The second kappa shape index (κ2) is 7.39. The number of fused-ring (bicyclic) bond motifs is 1. The van der Waals surface area contributed by atoms with Crippen LogP contribution in [0, 0.1) is 5.41 Å². The van der Waals surface area contributed by atoms with Gasteiger partial charge in [0, 0.05) is 5.92 Å². The number of carbonyl (C=O) groups excluding carboxylic acids is 1. The third-order valence-electron chi connectivity index (χ3n) is 5.99. The molecule has 1 aliphatic rings. The van der Waals surface area contributed by atoms with E-state index in [0.717, 1.165) is 12.2 Å². The van der Waals surface area contributed by atoms with Crippen molar-refractivity contribution in [2.75, 3.05) is 14.2 Å². The maximum atomic E-state index is 12.3. The highest BCUT2D eigenvalue weighted by molar-refractivity contribution is 5.87. The van der Waals surface area contributed by atoms with Crippen LogP contribution in [0.5, 0.6) is 5.75 Å². The molecule has 5 heteroatoms. The fourth-order valence-corrected chi connectivity index (χ4v) is 4.68. The molecule has 0 fully saturated rings. The van der Waals surface area contributed by atoms with Gasteiger partial charge in [-0.3, -0.25) is 0 Å². The Morgan fingerprint density at radius 3 is 2.41 bits per heavy atom. The lowest BCUT2D eigenvalue weighted by Crippen LogP contribution is -2.36. The predicted octanol–water partition coefficient (Wildman–Crippen LogP) is 4.83. The standard InChI is InChI=1S/C24H26N2O3/c1-24(2)13-20(16-9-11-17(28-3)12-10-16)18-7-5-6-8-19(18)22(24)26-15-25-14-21(26)23(27)29-4/h5-12,14-15,20,22H,13H2,1-4H3/t20-,22-/m1/s1. The molecule has 1 heterocycles. The van der Waals surface area contributed by atoms with E-state index in [2.05, 4.69) is 55.2 Å². The largest absolute Gasteiger partial charge is 0.497 e. The molecule has 0 unspecified atom stereocenters. The van der Waals surface area contributed by atoms with Crippen molar-refractivity contribution >= 4 is 5.97 Å². The number of esters is 1. The molecule has 2 atom stereocenters. The first-order valence-electron chi connectivity index (χ1n) is 9.79. The van der Waals surface area contributed by atoms with Gasteiger partial charge in [-0.25, -0.2) is 9.78 Å². The van der Waals surface area contributed by atoms with Crippen molar-refractivity contribution in [2.45, 2.75) is 32.2 Å². The van der Waals surface area contributed by atoms with Gasteiger partial charge >= 0.3 is 5.97 Å². The molecule has 0 bridgehead atoms. The van der Waals surface area contributed by atoms with Crippen LogP contribution in [0.3, 0.4) is 0 Å². The molecular weight excluding hydrogens is 364 g/mol. The quantitative estimate of drug-likeness (QED) is 0.599. The number of imidazole rings is 1. The molecule has 5 nitrogen and oxygen atoms in total. The van der Waals surface area contributed by atoms with Crippen molar-refractivity contribution in [1.29, 1.82) is 0 Å². The van der Waals surface area contributed by atoms with Crippen LogP contribution in [0.1, 0.15) is 59.4 Å². The zero-order valence-corrected chi connectivity index (χ0v) is 17.3. The molecule has 3 aromatic rings. The number of aromatic nitrogens is 2. The average molecular weight is 390 g/mol. The second-order valence-electron chi connectivity index (χ2n) is 8.23. The summed E-state index contributed by atoms with van der Waals surface area (Å²) >= 11 is 0. The summed E-state index contributed by atoms with van der Waals surface area (Å²) in [6.45, 7) is 4.51. The van der Waals surface area contributed by atoms with Crippen molar-refractivity contribution in [1.82, 2.24) is 9.55 Å². The van der Waals surface area contributed by atoms with Crippen LogP contribution in [0.4, 0.5) is 0 Å². The van der Waals surface area contributed by atoms with Crippen LogP contribution < -0.4 is 4.74 Å². The minimum atomic E-state index is -0.368. The van der Waals surface area contributed by atoms with E-state index in [0.29, 0.717) is 5.69 Å². The number of methoxy groups -OCH3 is 2. The second-order valence-corrected chi connectivity index (χ2v) is 8.23. The molecular formula is C24H26N2O3. The van der Waals surface area contributed by atoms with Gasteiger partial charge in [-0.15, -0.1) is 0 Å². The van der Waals surface area contributed by atoms with E-state index in [1.54, 1.807) is 19.6 Å². The molecule has 2 aromatic carbocycles. The molecule has 0 saturated carbocycles. The summed E-state index contributed by atoms with van der Waals surface area (Å²) in [5, 5.41) is 0. The number of ether oxygens (including phenoxy) is 2. The molecule has 1 aromatic heterocycles. The molecule has 0 aliphatic heterocycles. The van der Waals surface area contributed by atoms with E-state index in [4.69, 9.17) is 9.47 Å². The van der Waals surface area contributed by atoms with Crippen LogP contribution in [0.15, 0.2) is 61.1 Å². The number of benzene rings is 2. The highest BCUT2D eigenvalue weighted by Gasteiger charge is 2.42. The topological polar surface area (TPSA) is 53.3 Å². The average Bonchev–Trinajstić information content (AvgIpc) is 3.21. The molecule has 1 aliphatic carbocycles.